The van der Waals surface area contributed by atoms with E-state index >= 15 is 0 Å². The van der Waals surface area contributed by atoms with Crippen molar-refractivity contribution < 1.29 is 0 Å². The van der Waals surface area contributed by atoms with Gasteiger partial charge >= 0.3 is 0 Å². The number of aromatic nitrogens is 5. The summed E-state index contributed by atoms with van der Waals surface area (Å²) in [4.78, 5) is 12.3. The maximum absolute atomic E-state index is 4.51. The number of hydrogen-bond donors (Lipinski definition) is 2. The lowest BCUT2D eigenvalue weighted by Crippen LogP contribution is -2.04. The molecule has 120 valence electrons. The molecule has 3 heterocycles. The van der Waals surface area contributed by atoms with Gasteiger partial charge in [0.1, 0.15) is 0 Å². The van der Waals surface area contributed by atoms with Crippen molar-refractivity contribution in [2.75, 3.05) is 5.32 Å². The molecular formula is C18H18N6. The first kappa shape index (κ1) is 14.4. The van der Waals surface area contributed by atoms with Gasteiger partial charge in [0.15, 0.2) is 5.82 Å². The number of fused-ring (bicyclic) bond motifs is 1. The molecule has 0 unspecified atom stereocenters. The molecule has 6 nitrogen and oxygen atoms in total. The van der Waals surface area contributed by atoms with Crippen molar-refractivity contribution in [1.29, 1.82) is 0 Å². The van der Waals surface area contributed by atoms with Gasteiger partial charge in [-0.15, -0.1) is 0 Å². The number of hydrogen-bond acceptors (Lipinski definition) is 4. The quantitative estimate of drug-likeness (QED) is 0.605. The number of aryl methyl sites for hydroxylation is 2. The molecule has 1 aromatic carbocycles. The van der Waals surface area contributed by atoms with Crippen LogP contribution in [-0.2, 0) is 6.54 Å². The molecule has 0 spiro atoms. The fraction of sp³-hybridized carbons (Fsp3) is 0.167. The van der Waals surface area contributed by atoms with E-state index in [0.717, 1.165) is 39.8 Å². The molecule has 6 heteroatoms. The smallest absolute Gasteiger partial charge is 0.201 e. The second kappa shape index (κ2) is 5.81. The molecule has 2 N–H and O–H groups in total. The summed E-state index contributed by atoms with van der Waals surface area (Å²) < 4.78 is 1.85. The van der Waals surface area contributed by atoms with Crippen molar-refractivity contribution in [3.05, 3.63) is 65.6 Å². The summed E-state index contributed by atoms with van der Waals surface area (Å²) in [6, 6.07) is 14.0. The molecule has 0 amide bonds. The Kier molecular flexibility index (Phi) is 3.49. The molecule has 0 atom stereocenters. The number of para-hydroxylation sites is 2. The molecule has 0 aliphatic rings. The number of pyridine rings is 1. The van der Waals surface area contributed by atoms with Gasteiger partial charge in [0, 0.05) is 18.4 Å². The highest BCUT2D eigenvalue weighted by Gasteiger charge is 2.05. The van der Waals surface area contributed by atoms with Crippen LogP contribution in [0.15, 0.2) is 48.7 Å². The molecule has 0 radical (unpaired) electrons. The highest BCUT2D eigenvalue weighted by Crippen LogP contribution is 2.15. The predicted octanol–water partition coefficient (Wildman–Crippen LogP) is 3.37. The summed E-state index contributed by atoms with van der Waals surface area (Å²) in [7, 11) is 0. The van der Waals surface area contributed by atoms with Crippen molar-refractivity contribution in [2.24, 2.45) is 0 Å². The zero-order valence-electron chi connectivity index (χ0n) is 13.6. The van der Waals surface area contributed by atoms with Crippen molar-refractivity contribution >= 4 is 17.0 Å². The average molecular weight is 318 g/mol. The minimum Gasteiger partial charge on any atom is -0.352 e. The number of aromatic amines is 1. The van der Waals surface area contributed by atoms with E-state index < -0.39 is 0 Å². The Labute approximate surface area is 139 Å². The minimum absolute atomic E-state index is 0.657. The Bertz CT molecular complexity index is 947. The first-order valence-electron chi connectivity index (χ1n) is 7.86. The molecule has 0 aliphatic carbocycles. The molecule has 0 bridgehead atoms. The minimum atomic E-state index is 0.657. The van der Waals surface area contributed by atoms with Crippen LogP contribution >= 0.6 is 0 Å². The van der Waals surface area contributed by atoms with Gasteiger partial charge in [-0.25, -0.2) is 14.6 Å². The summed E-state index contributed by atoms with van der Waals surface area (Å²) in [6.45, 7) is 4.66. The van der Waals surface area contributed by atoms with Crippen LogP contribution in [0, 0.1) is 13.8 Å². The largest absolute Gasteiger partial charge is 0.352 e. The summed E-state index contributed by atoms with van der Waals surface area (Å²) >= 11 is 0. The van der Waals surface area contributed by atoms with Gasteiger partial charge in [-0.05, 0) is 43.7 Å². The molecule has 0 saturated heterocycles. The second-order valence-corrected chi connectivity index (χ2v) is 5.82. The van der Waals surface area contributed by atoms with Crippen LogP contribution in [0.3, 0.4) is 0 Å². The summed E-state index contributed by atoms with van der Waals surface area (Å²) in [5, 5.41) is 7.75. The van der Waals surface area contributed by atoms with Crippen molar-refractivity contribution in [1.82, 2.24) is 24.7 Å². The summed E-state index contributed by atoms with van der Waals surface area (Å²) in [5.41, 5.74) is 5.13. The number of nitrogens with one attached hydrogen (secondary N) is 2. The van der Waals surface area contributed by atoms with Crippen LogP contribution in [-0.4, -0.2) is 24.7 Å². The van der Waals surface area contributed by atoms with E-state index in [1.165, 1.54) is 0 Å². The Morgan fingerprint density at radius 1 is 1.12 bits per heavy atom. The molecular weight excluding hydrogens is 300 g/mol. The number of benzene rings is 1. The molecule has 3 aromatic heterocycles. The fourth-order valence-electron chi connectivity index (χ4n) is 2.73. The van der Waals surface area contributed by atoms with Gasteiger partial charge in [0.2, 0.25) is 5.95 Å². The van der Waals surface area contributed by atoms with Crippen molar-refractivity contribution in [2.45, 2.75) is 20.4 Å². The average Bonchev–Trinajstić information content (AvgIpc) is 3.15. The topological polar surface area (TPSA) is 71.4 Å². The first-order valence-corrected chi connectivity index (χ1v) is 7.86. The van der Waals surface area contributed by atoms with Crippen LogP contribution in [0.2, 0.25) is 0 Å². The zero-order valence-corrected chi connectivity index (χ0v) is 13.6. The molecule has 4 aromatic rings. The van der Waals surface area contributed by atoms with Gasteiger partial charge in [-0.1, -0.05) is 18.2 Å². The third-order valence-corrected chi connectivity index (χ3v) is 3.89. The Balaban J connectivity index is 1.48. The highest BCUT2D eigenvalue weighted by molar-refractivity contribution is 5.77. The molecule has 0 fully saturated rings. The van der Waals surface area contributed by atoms with Gasteiger partial charge in [0.05, 0.1) is 16.7 Å². The SMILES string of the molecule is Cc1cc(C)n(-c2ccc(CNc3nc4ccccc4[nH]3)cn2)n1. The van der Waals surface area contributed by atoms with E-state index in [9.17, 15) is 0 Å². The normalized spacial score (nSPS) is 11.1. The number of H-pyrrole nitrogens is 1. The Hall–Kier alpha value is -3.15. The molecule has 0 saturated carbocycles. The molecule has 4 rings (SSSR count). The van der Waals surface area contributed by atoms with Gasteiger partial charge in [-0.3, -0.25) is 0 Å². The van der Waals surface area contributed by atoms with Crippen LogP contribution < -0.4 is 5.32 Å². The third kappa shape index (κ3) is 2.74. The Morgan fingerprint density at radius 3 is 2.71 bits per heavy atom. The Morgan fingerprint density at radius 2 is 2.00 bits per heavy atom. The second-order valence-electron chi connectivity index (χ2n) is 5.82. The standard InChI is InChI=1S/C18H18N6/c1-12-9-13(2)24(23-12)17-8-7-14(10-19-17)11-20-18-21-15-5-3-4-6-16(15)22-18/h3-10H,11H2,1-2H3,(H2,20,21,22). The lowest BCUT2D eigenvalue weighted by atomic mass is 10.3. The first-order chi connectivity index (χ1) is 11.7. The van der Waals surface area contributed by atoms with Crippen molar-refractivity contribution in [3.63, 3.8) is 0 Å². The van der Waals surface area contributed by atoms with E-state index in [0.29, 0.717) is 6.54 Å². The highest BCUT2D eigenvalue weighted by atomic mass is 15.3. The van der Waals surface area contributed by atoms with Crippen LogP contribution in [0.4, 0.5) is 5.95 Å². The van der Waals surface area contributed by atoms with Crippen LogP contribution in [0.25, 0.3) is 16.9 Å². The maximum atomic E-state index is 4.51. The van der Waals surface area contributed by atoms with E-state index in [4.69, 9.17) is 0 Å². The molecule has 24 heavy (non-hydrogen) atoms. The van der Waals surface area contributed by atoms with Crippen molar-refractivity contribution in [3.8, 4) is 5.82 Å². The molecule has 0 aliphatic heterocycles. The lowest BCUT2D eigenvalue weighted by molar-refractivity contribution is 0.804. The maximum Gasteiger partial charge on any atom is 0.201 e. The predicted molar refractivity (Wildman–Crippen MR) is 94.3 cm³/mol. The van der Waals surface area contributed by atoms with E-state index in [-0.39, 0.29) is 0 Å². The monoisotopic (exact) mass is 318 g/mol. The number of nitrogens with zero attached hydrogens (tertiary/aromatic N) is 4. The number of imidazole rings is 1. The van der Waals surface area contributed by atoms with Crippen LogP contribution in [0.1, 0.15) is 17.0 Å². The van der Waals surface area contributed by atoms with Gasteiger partial charge in [-0.2, -0.15) is 5.10 Å². The third-order valence-electron chi connectivity index (χ3n) is 3.89. The van der Waals surface area contributed by atoms with Crippen LogP contribution in [0.5, 0.6) is 0 Å². The summed E-state index contributed by atoms with van der Waals surface area (Å²) in [6.07, 6.45) is 1.86. The van der Waals surface area contributed by atoms with E-state index in [2.05, 4.69) is 31.4 Å². The van der Waals surface area contributed by atoms with Gasteiger partial charge in [0.25, 0.3) is 0 Å². The zero-order chi connectivity index (χ0) is 16.5. The lowest BCUT2D eigenvalue weighted by Gasteiger charge is -2.06. The number of rotatable bonds is 4. The van der Waals surface area contributed by atoms with Gasteiger partial charge < -0.3 is 10.3 Å². The fourth-order valence-corrected chi connectivity index (χ4v) is 2.73. The summed E-state index contributed by atoms with van der Waals surface area (Å²) in [5.74, 6) is 1.59. The van der Waals surface area contributed by atoms with E-state index in [1.807, 2.05) is 61.1 Å². The number of anilines is 1. The van der Waals surface area contributed by atoms with E-state index in [1.54, 1.807) is 0 Å².